The van der Waals surface area contributed by atoms with Gasteiger partial charge >= 0.3 is 0 Å². The normalized spacial score (nSPS) is 38.1. The maximum absolute atomic E-state index is 5.67. The Labute approximate surface area is 133 Å². The van der Waals surface area contributed by atoms with E-state index in [9.17, 15) is 0 Å². The van der Waals surface area contributed by atoms with E-state index in [1.165, 1.54) is 37.7 Å². The van der Waals surface area contributed by atoms with Gasteiger partial charge in [0, 0.05) is 24.7 Å². The van der Waals surface area contributed by atoms with Crippen LogP contribution in [0.15, 0.2) is 30.3 Å². The second-order valence-corrected chi connectivity index (χ2v) is 7.30. The fourth-order valence-electron chi connectivity index (χ4n) is 4.41. The molecule has 3 fully saturated rings. The molecule has 1 heterocycles. The standard InChI is InChI=1S/C19H28N2O/c1-2-5-14(6-3-1)11-15-12-18(15)21-17-8-4-7-16(17)19-13-22-10-9-20-19/h1-3,5-6,15-21H,4,7-13H2. The first-order chi connectivity index (χ1) is 10.9. The molecule has 1 aliphatic heterocycles. The van der Waals surface area contributed by atoms with Crippen LogP contribution >= 0.6 is 0 Å². The van der Waals surface area contributed by atoms with E-state index in [2.05, 4.69) is 41.0 Å². The summed E-state index contributed by atoms with van der Waals surface area (Å²) < 4.78 is 5.67. The van der Waals surface area contributed by atoms with Crippen LogP contribution in [0.1, 0.15) is 31.2 Å². The van der Waals surface area contributed by atoms with Crippen molar-refractivity contribution in [1.29, 1.82) is 0 Å². The number of morpholine rings is 1. The largest absolute Gasteiger partial charge is 0.379 e. The average molecular weight is 300 g/mol. The summed E-state index contributed by atoms with van der Waals surface area (Å²) in [4.78, 5) is 0. The van der Waals surface area contributed by atoms with E-state index in [0.29, 0.717) is 12.1 Å². The van der Waals surface area contributed by atoms with E-state index in [0.717, 1.165) is 37.6 Å². The maximum atomic E-state index is 5.67. The minimum Gasteiger partial charge on any atom is -0.379 e. The highest BCUT2D eigenvalue weighted by atomic mass is 16.5. The van der Waals surface area contributed by atoms with Crippen molar-refractivity contribution in [3.05, 3.63) is 35.9 Å². The lowest BCUT2D eigenvalue weighted by molar-refractivity contribution is 0.0523. The lowest BCUT2D eigenvalue weighted by Gasteiger charge is -2.33. The second-order valence-electron chi connectivity index (χ2n) is 7.30. The summed E-state index contributed by atoms with van der Waals surface area (Å²) >= 11 is 0. The molecule has 3 heteroatoms. The van der Waals surface area contributed by atoms with Gasteiger partial charge in [0.15, 0.2) is 0 Å². The molecule has 0 amide bonds. The quantitative estimate of drug-likeness (QED) is 0.876. The van der Waals surface area contributed by atoms with Crippen LogP contribution in [0.3, 0.4) is 0 Å². The van der Waals surface area contributed by atoms with Crippen molar-refractivity contribution in [2.45, 2.75) is 50.2 Å². The van der Waals surface area contributed by atoms with Crippen molar-refractivity contribution in [3.8, 4) is 0 Å². The minimum atomic E-state index is 0.570. The number of benzene rings is 1. The minimum absolute atomic E-state index is 0.570. The summed E-state index contributed by atoms with van der Waals surface area (Å²) in [5, 5.41) is 7.65. The van der Waals surface area contributed by atoms with E-state index in [-0.39, 0.29) is 0 Å². The van der Waals surface area contributed by atoms with Gasteiger partial charge in [-0.1, -0.05) is 36.8 Å². The molecule has 0 spiro atoms. The molecule has 1 aromatic carbocycles. The number of nitrogens with one attached hydrogen (secondary N) is 2. The van der Waals surface area contributed by atoms with Crippen LogP contribution in [-0.4, -0.2) is 37.9 Å². The Bertz CT molecular complexity index is 472. The summed E-state index contributed by atoms with van der Waals surface area (Å²) in [7, 11) is 0. The Morgan fingerprint density at radius 2 is 2.05 bits per heavy atom. The first-order valence-corrected chi connectivity index (χ1v) is 9.01. The predicted molar refractivity (Wildman–Crippen MR) is 88.9 cm³/mol. The van der Waals surface area contributed by atoms with Crippen LogP contribution in [0.5, 0.6) is 0 Å². The summed E-state index contributed by atoms with van der Waals surface area (Å²) in [6.45, 7) is 2.80. The molecule has 3 nitrogen and oxygen atoms in total. The summed E-state index contributed by atoms with van der Waals surface area (Å²) in [5.41, 5.74) is 1.49. The van der Waals surface area contributed by atoms with Crippen LogP contribution in [0, 0.1) is 11.8 Å². The molecule has 0 bridgehead atoms. The van der Waals surface area contributed by atoms with Gasteiger partial charge in [-0.25, -0.2) is 0 Å². The zero-order chi connectivity index (χ0) is 14.8. The third-order valence-electron chi connectivity index (χ3n) is 5.73. The fourth-order valence-corrected chi connectivity index (χ4v) is 4.41. The maximum Gasteiger partial charge on any atom is 0.0623 e. The van der Waals surface area contributed by atoms with E-state index in [1.807, 2.05) is 0 Å². The molecule has 1 saturated heterocycles. The molecule has 5 unspecified atom stereocenters. The highest BCUT2D eigenvalue weighted by Crippen LogP contribution is 2.37. The van der Waals surface area contributed by atoms with Crippen molar-refractivity contribution in [1.82, 2.24) is 10.6 Å². The summed E-state index contributed by atoms with van der Waals surface area (Å²) in [5.74, 6) is 1.61. The van der Waals surface area contributed by atoms with E-state index in [1.54, 1.807) is 0 Å². The fraction of sp³-hybridized carbons (Fsp3) is 0.684. The Balaban J connectivity index is 1.28. The average Bonchev–Trinajstić information content (AvgIpc) is 3.11. The Kier molecular flexibility index (Phi) is 4.47. The Hall–Kier alpha value is -0.900. The number of hydrogen-bond acceptors (Lipinski definition) is 3. The van der Waals surface area contributed by atoms with Gasteiger partial charge < -0.3 is 15.4 Å². The second kappa shape index (κ2) is 6.69. The molecule has 0 radical (unpaired) electrons. The first kappa shape index (κ1) is 14.7. The third-order valence-corrected chi connectivity index (χ3v) is 5.73. The molecule has 1 aromatic rings. The lowest BCUT2D eigenvalue weighted by atomic mass is 9.94. The van der Waals surface area contributed by atoms with Crippen LogP contribution in [-0.2, 0) is 11.2 Å². The lowest BCUT2D eigenvalue weighted by Crippen LogP contribution is -2.51. The first-order valence-electron chi connectivity index (χ1n) is 9.01. The van der Waals surface area contributed by atoms with Gasteiger partial charge in [-0.05, 0) is 43.1 Å². The smallest absolute Gasteiger partial charge is 0.0623 e. The molecular formula is C19H28N2O. The topological polar surface area (TPSA) is 33.3 Å². The van der Waals surface area contributed by atoms with Crippen LogP contribution < -0.4 is 10.6 Å². The van der Waals surface area contributed by atoms with Crippen LogP contribution in [0.2, 0.25) is 0 Å². The van der Waals surface area contributed by atoms with Crippen molar-refractivity contribution in [2.24, 2.45) is 11.8 Å². The predicted octanol–water partition coefficient (Wildman–Crippen LogP) is 2.36. The van der Waals surface area contributed by atoms with Gasteiger partial charge in [0.25, 0.3) is 0 Å². The molecule has 22 heavy (non-hydrogen) atoms. The molecular weight excluding hydrogens is 272 g/mol. The van der Waals surface area contributed by atoms with Gasteiger partial charge in [-0.2, -0.15) is 0 Å². The summed E-state index contributed by atoms with van der Waals surface area (Å²) in [6, 6.07) is 13.0. The molecule has 4 rings (SSSR count). The summed E-state index contributed by atoms with van der Waals surface area (Å²) in [6.07, 6.45) is 6.66. The molecule has 2 aliphatic carbocycles. The van der Waals surface area contributed by atoms with Crippen LogP contribution in [0.4, 0.5) is 0 Å². The van der Waals surface area contributed by atoms with Gasteiger partial charge in [0.05, 0.1) is 13.2 Å². The van der Waals surface area contributed by atoms with Crippen molar-refractivity contribution in [2.75, 3.05) is 19.8 Å². The van der Waals surface area contributed by atoms with Crippen molar-refractivity contribution in [3.63, 3.8) is 0 Å². The SMILES string of the molecule is c1ccc(CC2CC2NC2CCCC2C2COCCN2)cc1. The number of ether oxygens (including phenoxy) is 1. The van der Waals surface area contributed by atoms with Gasteiger partial charge in [-0.15, -0.1) is 0 Å². The van der Waals surface area contributed by atoms with E-state index < -0.39 is 0 Å². The molecule has 0 aromatic heterocycles. The molecule has 3 aliphatic rings. The van der Waals surface area contributed by atoms with Gasteiger partial charge in [-0.3, -0.25) is 0 Å². The highest BCUT2D eigenvalue weighted by molar-refractivity contribution is 5.17. The van der Waals surface area contributed by atoms with E-state index in [4.69, 9.17) is 4.74 Å². The molecule has 5 atom stereocenters. The number of rotatable bonds is 5. The monoisotopic (exact) mass is 300 g/mol. The van der Waals surface area contributed by atoms with Crippen molar-refractivity contribution < 1.29 is 4.74 Å². The molecule has 120 valence electrons. The zero-order valence-electron chi connectivity index (χ0n) is 13.3. The Morgan fingerprint density at radius 3 is 2.86 bits per heavy atom. The Morgan fingerprint density at radius 1 is 1.14 bits per heavy atom. The number of hydrogen-bond donors (Lipinski definition) is 2. The zero-order valence-corrected chi connectivity index (χ0v) is 13.3. The third kappa shape index (κ3) is 3.37. The molecule has 2 saturated carbocycles. The van der Waals surface area contributed by atoms with Crippen molar-refractivity contribution >= 4 is 0 Å². The highest BCUT2D eigenvalue weighted by Gasteiger charge is 2.42. The molecule has 2 N–H and O–H groups in total. The van der Waals surface area contributed by atoms with E-state index >= 15 is 0 Å². The van der Waals surface area contributed by atoms with Crippen LogP contribution in [0.25, 0.3) is 0 Å². The van der Waals surface area contributed by atoms with Gasteiger partial charge in [0.1, 0.15) is 0 Å². The van der Waals surface area contributed by atoms with Gasteiger partial charge in [0.2, 0.25) is 0 Å².